The van der Waals surface area contributed by atoms with Gasteiger partial charge < -0.3 is 20.3 Å². The normalized spacial score (nSPS) is 11.7. The third-order valence-electron chi connectivity index (χ3n) is 5.32. The van der Waals surface area contributed by atoms with Gasteiger partial charge in [0.25, 0.3) is 5.56 Å². The zero-order valence-electron chi connectivity index (χ0n) is 18.5. The fourth-order valence-electron chi connectivity index (χ4n) is 3.55. The van der Waals surface area contributed by atoms with E-state index in [9.17, 15) is 28.2 Å². The Morgan fingerprint density at radius 3 is 2.37 bits per heavy atom. The number of aromatic nitrogens is 3. The number of aliphatic hydroxyl groups is 2. The highest BCUT2D eigenvalue weighted by Gasteiger charge is 2.30. The topological polar surface area (TPSA) is 110 Å². The third kappa shape index (κ3) is 4.96. The Morgan fingerprint density at radius 1 is 1.03 bits per heavy atom. The SMILES string of the molecule is COc1cccc(-c2nc(NC(CO)CO)nc3c2ccc(=O)n3-c2ccc(C(F)(F)F)cc2)c1. The number of ether oxygens (including phenoxy) is 1. The van der Waals surface area contributed by atoms with Crippen LogP contribution in [0.1, 0.15) is 5.56 Å². The van der Waals surface area contributed by atoms with Crippen LogP contribution >= 0.6 is 0 Å². The summed E-state index contributed by atoms with van der Waals surface area (Å²) in [5, 5.41) is 22.2. The highest BCUT2D eigenvalue weighted by molar-refractivity contribution is 5.92. The zero-order valence-corrected chi connectivity index (χ0v) is 18.5. The number of hydrogen-bond donors (Lipinski definition) is 3. The van der Waals surface area contributed by atoms with Crippen molar-refractivity contribution in [3.05, 3.63) is 76.6 Å². The molecule has 2 heterocycles. The van der Waals surface area contributed by atoms with E-state index in [4.69, 9.17) is 4.74 Å². The number of aliphatic hydroxyl groups excluding tert-OH is 2. The second-order valence-corrected chi connectivity index (χ2v) is 7.62. The van der Waals surface area contributed by atoms with Crippen LogP contribution in [-0.4, -0.2) is 51.1 Å². The molecule has 0 amide bonds. The molecule has 0 radical (unpaired) electrons. The van der Waals surface area contributed by atoms with Gasteiger partial charge in [-0.3, -0.25) is 9.36 Å². The number of methoxy groups -OCH3 is 1. The van der Waals surface area contributed by atoms with E-state index < -0.39 is 36.6 Å². The van der Waals surface area contributed by atoms with Crippen molar-refractivity contribution < 1.29 is 28.1 Å². The van der Waals surface area contributed by atoms with Crippen LogP contribution < -0.4 is 15.6 Å². The highest BCUT2D eigenvalue weighted by Crippen LogP contribution is 2.32. The van der Waals surface area contributed by atoms with Crippen LogP contribution in [0.5, 0.6) is 5.75 Å². The lowest BCUT2D eigenvalue weighted by Gasteiger charge is -2.17. The number of benzene rings is 2. The molecule has 0 aliphatic rings. The lowest BCUT2D eigenvalue weighted by molar-refractivity contribution is -0.137. The fraction of sp³-hybridized carbons (Fsp3) is 0.208. The molecule has 35 heavy (non-hydrogen) atoms. The van der Waals surface area contributed by atoms with E-state index in [-0.39, 0.29) is 17.3 Å². The molecule has 11 heteroatoms. The van der Waals surface area contributed by atoms with Crippen molar-refractivity contribution in [1.82, 2.24) is 14.5 Å². The number of alkyl halides is 3. The Morgan fingerprint density at radius 2 is 1.74 bits per heavy atom. The Hall–Kier alpha value is -3.96. The van der Waals surface area contributed by atoms with Crippen LogP contribution in [0.4, 0.5) is 19.1 Å². The van der Waals surface area contributed by atoms with E-state index in [1.165, 1.54) is 35.9 Å². The minimum Gasteiger partial charge on any atom is -0.497 e. The first kappa shape index (κ1) is 24.2. The maximum atomic E-state index is 13.0. The minimum absolute atomic E-state index is 0.00896. The summed E-state index contributed by atoms with van der Waals surface area (Å²) in [6.45, 7) is -0.820. The zero-order chi connectivity index (χ0) is 25.2. The molecule has 182 valence electrons. The predicted octanol–water partition coefficient (Wildman–Crippen LogP) is 3.24. The van der Waals surface area contributed by atoms with Crippen molar-refractivity contribution in [3.8, 4) is 22.7 Å². The van der Waals surface area contributed by atoms with Crippen LogP contribution in [0.25, 0.3) is 28.0 Å². The number of hydrogen-bond acceptors (Lipinski definition) is 7. The van der Waals surface area contributed by atoms with Gasteiger partial charge in [-0.1, -0.05) is 12.1 Å². The molecule has 0 fully saturated rings. The molecule has 0 aliphatic carbocycles. The summed E-state index contributed by atoms with van der Waals surface area (Å²) in [5.41, 5.74) is -0.0248. The molecule has 0 saturated carbocycles. The molecular weight excluding hydrogens is 465 g/mol. The molecule has 3 N–H and O–H groups in total. The molecule has 4 aromatic rings. The first-order valence-electron chi connectivity index (χ1n) is 10.5. The van der Waals surface area contributed by atoms with Crippen LogP contribution in [0.3, 0.4) is 0 Å². The molecule has 2 aromatic carbocycles. The van der Waals surface area contributed by atoms with E-state index in [1.807, 2.05) is 0 Å². The molecule has 4 rings (SSSR count). The Balaban J connectivity index is 1.99. The average molecular weight is 486 g/mol. The van der Waals surface area contributed by atoms with Gasteiger partial charge in [-0.05, 0) is 42.5 Å². The van der Waals surface area contributed by atoms with Gasteiger partial charge in [0, 0.05) is 17.0 Å². The van der Waals surface area contributed by atoms with E-state index in [0.717, 1.165) is 12.1 Å². The number of pyridine rings is 1. The highest BCUT2D eigenvalue weighted by atomic mass is 19.4. The lowest BCUT2D eigenvalue weighted by Crippen LogP contribution is -2.29. The predicted molar refractivity (Wildman–Crippen MR) is 124 cm³/mol. The smallest absolute Gasteiger partial charge is 0.416 e. The first-order chi connectivity index (χ1) is 16.7. The van der Waals surface area contributed by atoms with E-state index >= 15 is 0 Å². The van der Waals surface area contributed by atoms with Crippen LogP contribution in [-0.2, 0) is 6.18 Å². The summed E-state index contributed by atoms with van der Waals surface area (Å²) >= 11 is 0. The van der Waals surface area contributed by atoms with Crippen molar-refractivity contribution in [1.29, 1.82) is 0 Å². The van der Waals surface area contributed by atoms with Gasteiger partial charge in [-0.2, -0.15) is 18.2 Å². The minimum atomic E-state index is -4.52. The summed E-state index contributed by atoms with van der Waals surface area (Å²) in [7, 11) is 1.51. The van der Waals surface area contributed by atoms with E-state index in [0.29, 0.717) is 22.4 Å². The summed E-state index contributed by atoms with van der Waals surface area (Å²) in [5.74, 6) is 0.568. The van der Waals surface area contributed by atoms with Crippen LogP contribution in [0.2, 0.25) is 0 Å². The first-order valence-corrected chi connectivity index (χ1v) is 10.5. The number of nitrogens with zero attached hydrogens (tertiary/aromatic N) is 3. The standard InChI is InChI=1S/C24H21F3N4O4/c1-35-18-4-2-3-14(11-18)21-19-9-10-20(34)31(17-7-5-15(6-8-17)24(25,26)27)22(19)30-23(29-21)28-16(12-32)13-33/h2-11,16,32-33H,12-13H2,1H3,(H,28,29,30). The monoisotopic (exact) mass is 486 g/mol. The maximum Gasteiger partial charge on any atom is 0.416 e. The van der Waals surface area contributed by atoms with E-state index in [1.54, 1.807) is 24.3 Å². The number of nitrogens with one attached hydrogen (secondary N) is 1. The van der Waals surface area contributed by atoms with Crippen LogP contribution in [0, 0.1) is 0 Å². The van der Waals surface area contributed by atoms with Gasteiger partial charge in [-0.25, -0.2) is 4.98 Å². The average Bonchev–Trinajstić information content (AvgIpc) is 2.86. The van der Waals surface area contributed by atoms with Crippen LogP contribution in [0.15, 0.2) is 65.5 Å². The van der Waals surface area contributed by atoms with Crippen molar-refractivity contribution in [2.75, 3.05) is 25.6 Å². The second-order valence-electron chi connectivity index (χ2n) is 7.62. The largest absolute Gasteiger partial charge is 0.497 e. The summed E-state index contributed by atoms with van der Waals surface area (Å²) < 4.78 is 45.6. The molecule has 0 unspecified atom stereocenters. The van der Waals surface area contributed by atoms with Gasteiger partial charge in [-0.15, -0.1) is 0 Å². The van der Waals surface area contributed by atoms with Crippen molar-refractivity contribution >= 4 is 17.0 Å². The molecule has 0 atom stereocenters. The molecule has 0 aliphatic heterocycles. The summed E-state index contributed by atoms with van der Waals surface area (Å²) in [6, 6.07) is 13.2. The molecule has 0 saturated heterocycles. The second kappa shape index (κ2) is 9.72. The molecule has 8 nitrogen and oxygen atoms in total. The Kier molecular flexibility index (Phi) is 6.72. The Labute approximate surface area is 197 Å². The van der Waals surface area contributed by atoms with Gasteiger partial charge in [0.05, 0.1) is 43.3 Å². The molecular formula is C24H21F3N4O4. The number of rotatable bonds is 7. The van der Waals surface area contributed by atoms with Gasteiger partial charge in [0.2, 0.25) is 5.95 Å². The quantitative estimate of drug-likeness (QED) is 0.368. The van der Waals surface area contributed by atoms with Gasteiger partial charge >= 0.3 is 6.18 Å². The maximum absolute atomic E-state index is 13.0. The third-order valence-corrected chi connectivity index (χ3v) is 5.32. The fourth-order valence-corrected chi connectivity index (χ4v) is 3.55. The van der Waals surface area contributed by atoms with Gasteiger partial charge in [0.1, 0.15) is 5.75 Å². The van der Waals surface area contributed by atoms with Crippen molar-refractivity contribution in [2.24, 2.45) is 0 Å². The number of fused-ring (bicyclic) bond motifs is 1. The lowest BCUT2D eigenvalue weighted by atomic mass is 10.1. The number of halogens is 3. The number of anilines is 1. The molecule has 0 spiro atoms. The van der Waals surface area contributed by atoms with E-state index in [2.05, 4.69) is 15.3 Å². The Bertz CT molecular complexity index is 1400. The van der Waals surface area contributed by atoms with Crippen molar-refractivity contribution in [3.63, 3.8) is 0 Å². The summed E-state index contributed by atoms with van der Waals surface area (Å²) in [4.78, 5) is 21.8. The summed E-state index contributed by atoms with van der Waals surface area (Å²) in [6.07, 6.45) is -4.52. The molecule has 2 aromatic heterocycles. The van der Waals surface area contributed by atoms with Crippen molar-refractivity contribution in [2.45, 2.75) is 12.2 Å². The molecule has 0 bridgehead atoms. The van der Waals surface area contributed by atoms with Gasteiger partial charge in [0.15, 0.2) is 5.65 Å².